The number of nitrogens with one attached hydrogen (secondary N) is 1. The van der Waals surface area contributed by atoms with Crippen LogP contribution in [0.15, 0.2) is 24.3 Å². The molecule has 0 radical (unpaired) electrons. The molecular weight excluding hydrogens is 263 g/mol. The van der Waals surface area contributed by atoms with Crippen LogP contribution in [0.1, 0.15) is 50.8 Å². The van der Waals surface area contributed by atoms with Crippen molar-refractivity contribution in [3.8, 4) is 0 Å². The maximum atomic E-state index is 13.0. The van der Waals surface area contributed by atoms with Crippen molar-refractivity contribution in [2.75, 3.05) is 0 Å². The Kier molecular flexibility index (Phi) is 4.43. The van der Waals surface area contributed by atoms with Crippen LogP contribution < -0.4 is 5.32 Å². The van der Waals surface area contributed by atoms with Crippen LogP contribution in [0.4, 0.5) is 13.2 Å². The molecule has 2 rings (SSSR count). The van der Waals surface area contributed by atoms with Gasteiger partial charge in [-0.15, -0.1) is 0 Å². The van der Waals surface area contributed by atoms with Crippen LogP contribution in [0.25, 0.3) is 0 Å². The van der Waals surface area contributed by atoms with Crippen LogP contribution in [0.3, 0.4) is 0 Å². The van der Waals surface area contributed by atoms with Gasteiger partial charge in [0.1, 0.15) is 0 Å². The Morgan fingerprint density at radius 3 is 2.35 bits per heavy atom. The number of halogens is 3. The van der Waals surface area contributed by atoms with Crippen LogP contribution in [0, 0.1) is 11.8 Å². The van der Waals surface area contributed by atoms with E-state index in [1.54, 1.807) is 12.1 Å². The van der Waals surface area contributed by atoms with E-state index in [1.807, 2.05) is 6.92 Å². The van der Waals surface area contributed by atoms with Crippen LogP contribution in [-0.2, 0) is 6.18 Å². The highest BCUT2D eigenvalue weighted by Gasteiger charge is 2.36. The van der Waals surface area contributed by atoms with Crippen molar-refractivity contribution in [1.82, 2.24) is 5.32 Å². The fourth-order valence-electron chi connectivity index (χ4n) is 3.14. The summed E-state index contributed by atoms with van der Waals surface area (Å²) < 4.78 is 39.1. The summed E-state index contributed by atoms with van der Waals surface area (Å²) in [4.78, 5) is 0. The quantitative estimate of drug-likeness (QED) is 0.842. The molecule has 4 heteroatoms. The lowest BCUT2D eigenvalue weighted by atomic mass is 9.95. The van der Waals surface area contributed by atoms with Gasteiger partial charge in [0.15, 0.2) is 0 Å². The van der Waals surface area contributed by atoms with E-state index in [0.29, 0.717) is 23.4 Å². The molecular formula is C16H22F3N. The number of alkyl halides is 3. The molecule has 4 unspecified atom stereocenters. The Balaban J connectivity index is 2.16. The number of rotatable bonds is 3. The first-order valence-electron chi connectivity index (χ1n) is 7.23. The average Bonchev–Trinajstić information content (AvgIpc) is 2.70. The fraction of sp³-hybridized carbons (Fsp3) is 0.625. The zero-order chi connectivity index (χ0) is 14.9. The van der Waals surface area contributed by atoms with E-state index in [2.05, 4.69) is 19.2 Å². The first-order chi connectivity index (χ1) is 9.30. The molecule has 1 saturated carbocycles. The highest BCUT2D eigenvalue weighted by Crippen LogP contribution is 2.36. The van der Waals surface area contributed by atoms with Crippen molar-refractivity contribution < 1.29 is 13.2 Å². The van der Waals surface area contributed by atoms with Crippen LogP contribution in [-0.4, -0.2) is 6.04 Å². The van der Waals surface area contributed by atoms with E-state index in [0.717, 1.165) is 18.9 Å². The molecule has 1 aromatic rings. The van der Waals surface area contributed by atoms with Crippen molar-refractivity contribution in [1.29, 1.82) is 0 Å². The molecule has 0 aromatic heterocycles. The smallest absolute Gasteiger partial charge is 0.307 e. The molecule has 1 fully saturated rings. The predicted molar refractivity (Wildman–Crippen MR) is 74.3 cm³/mol. The number of benzene rings is 1. The van der Waals surface area contributed by atoms with Gasteiger partial charge in [-0.25, -0.2) is 0 Å². The first-order valence-corrected chi connectivity index (χ1v) is 7.23. The average molecular weight is 285 g/mol. The van der Waals surface area contributed by atoms with E-state index in [1.165, 1.54) is 6.07 Å². The summed E-state index contributed by atoms with van der Waals surface area (Å²) in [5.41, 5.74) is -0.189. The summed E-state index contributed by atoms with van der Waals surface area (Å²) in [6.45, 7) is 6.21. The molecule has 0 amide bonds. The molecule has 1 N–H and O–H groups in total. The Labute approximate surface area is 118 Å². The summed E-state index contributed by atoms with van der Waals surface area (Å²) in [6, 6.07) is 5.87. The fourth-order valence-corrected chi connectivity index (χ4v) is 3.14. The number of hydrogen-bond acceptors (Lipinski definition) is 1. The van der Waals surface area contributed by atoms with E-state index < -0.39 is 11.7 Å². The topological polar surface area (TPSA) is 12.0 Å². The van der Waals surface area contributed by atoms with Gasteiger partial charge in [0.05, 0.1) is 5.56 Å². The van der Waals surface area contributed by atoms with Gasteiger partial charge in [0.25, 0.3) is 0 Å². The number of hydrogen-bond donors (Lipinski definition) is 1. The first kappa shape index (κ1) is 15.4. The van der Waals surface area contributed by atoms with Gasteiger partial charge in [0, 0.05) is 12.1 Å². The summed E-state index contributed by atoms with van der Waals surface area (Å²) in [6.07, 6.45) is -2.10. The summed E-state index contributed by atoms with van der Waals surface area (Å²) in [5.74, 6) is 1.15. The molecule has 0 aliphatic heterocycles. The Morgan fingerprint density at radius 2 is 1.80 bits per heavy atom. The Hall–Kier alpha value is -1.03. The highest BCUT2D eigenvalue weighted by molar-refractivity contribution is 5.32. The lowest BCUT2D eigenvalue weighted by Crippen LogP contribution is -2.35. The normalized spacial score (nSPS) is 28.6. The van der Waals surface area contributed by atoms with Crippen molar-refractivity contribution in [3.05, 3.63) is 35.4 Å². The molecule has 1 aliphatic carbocycles. The zero-order valence-corrected chi connectivity index (χ0v) is 12.2. The molecule has 1 aromatic carbocycles. The van der Waals surface area contributed by atoms with E-state index >= 15 is 0 Å². The Morgan fingerprint density at radius 1 is 1.15 bits per heavy atom. The summed E-state index contributed by atoms with van der Waals surface area (Å²) in [5, 5.41) is 3.39. The molecule has 0 heterocycles. The zero-order valence-electron chi connectivity index (χ0n) is 12.2. The second kappa shape index (κ2) is 5.76. The van der Waals surface area contributed by atoms with Gasteiger partial charge in [-0.05, 0) is 43.2 Å². The minimum atomic E-state index is -4.29. The van der Waals surface area contributed by atoms with Crippen LogP contribution in [0.2, 0.25) is 0 Å². The van der Waals surface area contributed by atoms with Crippen molar-refractivity contribution in [2.45, 2.75) is 51.9 Å². The highest BCUT2D eigenvalue weighted by atomic mass is 19.4. The molecule has 20 heavy (non-hydrogen) atoms. The van der Waals surface area contributed by atoms with Gasteiger partial charge in [-0.3, -0.25) is 0 Å². The second-order valence-electron chi connectivity index (χ2n) is 5.99. The van der Waals surface area contributed by atoms with Gasteiger partial charge in [-0.2, -0.15) is 13.2 Å². The van der Waals surface area contributed by atoms with E-state index in [4.69, 9.17) is 0 Å². The standard InChI is InChI=1S/C16H22F3N/c1-10-8-9-15(11(10)2)20-12(3)13-6-4-5-7-14(13)16(17,18)19/h4-7,10-12,15,20H,8-9H2,1-3H3. The maximum absolute atomic E-state index is 13.0. The van der Waals surface area contributed by atoms with Gasteiger partial charge < -0.3 is 5.32 Å². The molecule has 112 valence electrons. The van der Waals surface area contributed by atoms with Gasteiger partial charge >= 0.3 is 6.18 Å². The van der Waals surface area contributed by atoms with E-state index in [9.17, 15) is 13.2 Å². The van der Waals surface area contributed by atoms with Crippen LogP contribution in [0.5, 0.6) is 0 Å². The third kappa shape index (κ3) is 3.17. The molecule has 4 atom stereocenters. The van der Waals surface area contributed by atoms with Crippen molar-refractivity contribution in [2.24, 2.45) is 11.8 Å². The van der Waals surface area contributed by atoms with Gasteiger partial charge in [0.2, 0.25) is 0 Å². The summed E-state index contributed by atoms with van der Waals surface area (Å²) >= 11 is 0. The van der Waals surface area contributed by atoms with Crippen LogP contribution >= 0.6 is 0 Å². The third-order valence-electron chi connectivity index (χ3n) is 4.66. The lowest BCUT2D eigenvalue weighted by molar-refractivity contribution is -0.138. The Bertz CT molecular complexity index is 455. The maximum Gasteiger partial charge on any atom is 0.416 e. The monoisotopic (exact) mass is 285 g/mol. The molecule has 0 saturated heterocycles. The molecule has 1 aliphatic rings. The molecule has 0 spiro atoms. The summed E-state index contributed by atoms with van der Waals surface area (Å²) in [7, 11) is 0. The van der Waals surface area contributed by atoms with E-state index in [-0.39, 0.29) is 6.04 Å². The largest absolute Gasteiger partial charge is 0.416 e. The van der Waals surface area contributed by atoms with Crippen molar-refractivity contribution >= 4 is 0 Å². The minimum Gasteiger partial charge on any atom is -0.307 e. The van der Waals surface area contributed by atoms with Crippen molar-refractivity contribution in [3.63, 3.8) is 0 Å². The molecule has 1 nitrogen and oxygen atoms in total. The second-order valence-corrected chi connectivity index (χ2v) is 5.99. The minimum absolute atomic E-state index is 0.287. The predicted octanol–water partition coefficient (Wildman–Crippen LogP) is 4.79. The van der Waals surface area contributed by atoms with Gasteiger partial charge in [-0.1, -0.05) is 32.0 Å². The molecule has 0 bridgehead atoms. The lowest BCUT2D eigenvalue weighted by Gasteiger charge is -2.26. The SMILES string of the molecule is CC(NC1CCC(C)C1C)c1ccccc1C(F)(F)F. The third-order valence-corrected chi connectivity index (χ3v) is 4.66.